The van der Waals surface area contributed by atoms with E-state index in [4.69, 9.17) is 0 Å². The smallest absolute Gasteiger partial charge is 0.175 e. The first-order valence-electron chi connectivity index (χ1n) is 8.72. The van der Waals surface area contributed by atoms with Gasteiger partial charge in [0.15, 0.2) is 9.84 Å². The molecule has 4 rings (SSSR count). The summed E-state index contributed by atoms with van der Waals surface area (Å²) in [5.74, 6) is 6.80. The van der Waals surface area contributed by atoms with Crippen molar-refractivity contribution in [1.82, 2.24) is 19.7 Å². The number of anilines is 2. The van der Waals surface area contributed by atoms with E-state index in [1.54, 1.807) is 47.5 Å². The molecule has 0 bridgehead atoms. The van der Waals surface area contributed by atoms with Crippen LogP contribution in [-0.2, 0) is 16.9 Å². The first-order valence-corrected chi connectivity index (χ1v) is 10.6. The molecule has 4 aromatic rings. The summed E-state index contributed by atoms with van der Waals surface area (Å²) in [4.78, 5) is 9.09. The second-order valence-corrected chi connectivity index (χ2v) is 8.48. The fourth-order valence-electron chi connectivity index (χ4n) is 2.79. The van der Waals surface area contributed by atoms with E-state index in [1.807, 2.05) is 25.2 Å². The number of benzene rings is 1. The van der Waals surface area contributed by atoms with Crippen LogP contribution in [0.1, 0.15) is 11.4 Å². The molecule has 0 spiro atoms. The van der Waals surface area contributed by atoms with Crippen molar-refractivity contribution in [2.24, 2.45) is 7.05 Å². The summed E-state index contributed by atoms with van der Waals surface area (Å²) < 4.78 is 24.9. The summed E-state index contributed by atoms with van der Waals surface area (Å²) in [5.41, 5.74) is 2.17. The van der Waals surface area contributed by atoms with Crippen molar-refractivity contribution in [3.8, 4) is 11.8 Å². The van der Waals surface area contributed by atoms with Crippen molar-refractivity contribution in [3.63, 3.8) is 0 Å². The van der Waals surface area contributed by atoms with Gasteiger partial charge in [0.05, 0.1) is 11.1 Å². The summed E-state index contributed by atoms with van der Waals surface area (Å²) in [6, 6.07) is 12.1. The molecule has 8 heteroatoms. The van der Waals surface area contributed by atoms with Crippen LogP contribution in [0, 0.1) is 11.8 Å². The second kappa shape index (κ2) is 7.37. The van der Waals surface area contributed by atoms with Gasteiger partial charge in [0.1, 0.15) is 17.2 Å². The number of hydrogen-bond acceptors (Lipinski definition) is 6. The van der Waals surface area contributed by atoms with Crippen LogP contribution in [0.4, 0.5) is 11.5 Å². The highest BCUT2D eigenvalue weighted by Crippen LogP contribution is 2.22. The van der Waals surface area contributed by atoms with Crippen LogP contribution in [0.3, 0.4) is 0 Å². The van der Waals surface area contributed by atoms with Gasteiger partial charge in [0, 0.05) is 42.2 Å². The molecule has 0 aliphatic heterocycles. The number of hydrogen-bond donors (Lipinski definition) is 1. The molecule has 0 atom stereocenters. The van der Waals surface area contributed by atoms with Gasteiger partial charge in [0.2, 0.25) is 0 Å². The Hall–Kier alpha value is -3.70. The second-order valence-electron chi connectivity index (χ2n) is 6.46. The molecule has 0 saturated heterocycles. The van der Waals surface area contributed by atoms with E-state index in [0.717, 1.165) is 22.2 Å². The minimum absolute atomic E-state index is 0.270. The van der Waals surface area contributed by atoms with Crippen molar-refractivity contribution < 1.29 is 8.42 Å². The number of aryl methyl sites for hydroxylation is 1. The zero-order valence-corrected chi connectivity index (χ0v) is 16.6. The van der Waals surface area contributed by atoms with Gasteiger partial charge in [-0.1, -0.05) is 0 Å². The number of fused-ring (bicyclic) bond motifs is 1. The maximum Gasteiger partial charge on any atom is 0.175 e. The molecule has 0 aliphatic rings. The van der Waals surface area contributed by atoms with Crippen molar-refractivity contribution >= 4 is 32.1 Å². The maximum absolute atomic E-state index is 11.6. The van der Waals surface area contributed by atoms with Crippen LogP contribution in [0.5, 0.6) is 0 Å². The first-order chi connectivity index (χ1) is 13.9. The van der Waals surface area contributed by atoms with Gasteiger partial charge in [-0.2, -0.15) is 5.10 Å². The van der Waals surface area contributed by atoms with Crippen molar-refractivity contribution in [1.29, 1.82) is 0 Å². The molecule has 7 nitrogen and oxygen atoms in total. The Kier molecular flexibility index (Phi) is 4.74. The zero-order valence-electron chi connectivity index (χ0n) is 15.8. The normalized spacial score (nSPS) is 11.1. The lowest BCUT2D eigenvalue weighted by Crippen LogP contribution is -1.98. The molecule has 29 heavy (non-hydrogen) atoms. The van der Waals surface area contributed by atoms with Crippen molar-refractivity contribution in [2.75, 3.05) is 11.6 Å². The summed E-state index contributed by atoms with van der Waals surface area (Å²) in [6.45, 7) is 0. The fraction of sp³-hybridized carbons (Fsp3) is 0.0952. The Labute approximate surface area is 168 Å². The van der Waals surface area contributed by atoms with E-state index in [0.29, 0.717) is 11.5 Å². The van der Waals surface area contributed by atoms with Gasteiger partial charge < -0.3 is 5.32 Å². The zero-order chi connectivity index (χ0) is 20.4. The lowest BCUT2D eigenvalue weighted by molar-refractivity contribution is 0.602. The number of sulfone groups is 1. The summed E-state index contributed by atoms with van der Waals surface area (Å²) >= 11 is 0. The highest BCUT2D eigenvalue weighted by Gasteiger charge is 2.07. The maximum atomic E-state index is 11.6. The van der Waals surface area contributed by atoms with Crippen LogP contribution in [-0.4, -0.2) is 34.4 Å². The quantitative estimate of drug-likeness (QED) is 0.529. The molecule has 0 radical (unpaired) electrons. The van der Waals surface area contributed by atoms with Crippen LogP contribution < -0.4 is 5.32 Å². The highest BCUT2D eigenvalue weighted by molar-refractivity contribution is 7.90. The van der Waals surface area contributed by atoms with Gasteiger partial charge in [-0.3, -0.25) is 4.68 Å². The van der Waals surface area contributed by atoms with Crippen LogP contribution in [0.2, 0.25) is 0 Å². The topological polar surface area (TPSA) is 89.8 Å². The largest absolute Gasteiger partial charge is 0.340 e. The Bertz CT molecular complexity index is 1360. The number of nitrogens with zero attached hydrogens (tertiary/aromatic N) is 4. The van der Waals surface area contributed by atoms with Gasteiger partial charge >= 0.3 is 0 Å². The summed E-state index contributed by atoms with van der Waals surface area (Å²) in [7, 11) is -1.39. The minimum Gasteiger partial charge on any atom is -0.340 e. The average Bonchev–Trinajstić information content (AvgIpc) is 3.11. The van der Waals surface area contributed by atoms with Gasteiger partial charge in [0.25, 0.3) is 0 Å². The number of aromatic nitrogens is 4. The molecule has 0 unspecified atom stereocenters. The average molecular weight is 403 g/mol. The summed E-state index contributed by atoms with van der Waals surface area (Å²) in [6.07, 6.45) is 6.33. The van der Waals surface area contributed by atoms with E-state index in [2.05, 4.69) is 32.2 Å². The molecule has 0 amide bonds. The monoisotopic (exact) mass is 403 g/mol. The highest BCUT2D eigenvalue weighted by atomic mass is 32.2. The third-order valence-electron chi connectivity index (χ3n) is 4.33. The van der Waals surface area contributed by atoms with Crippen LogP contribution >= 0.6 is 0 Å². The molecule has 144 valence electrons. The Morgan fingerprint density at radius 1 is 1.00 bits per heavy atom. The molecule has 1 N–H and O–H groups in total. The third-order valence-corrected chi connectivity index (χ3v) is 5.46. The van der Waals surface area contributed by atoms with Gasteiger partial charge in [-0.05, 0) is 54.3 Å². The first kappa shape index (κ1) is 18.7. The predicted molar refractivity (Wildman–Crippen MR) is 112 cm³/mol. The molecule has 0 aliphatic carbocycles. The van der Waals surface area contributed by atoms with Crippen LogP contribution in [0.25, 0.3) is 10.8 Å². The number of nitrogens with one attached hydrogen (secondary N) is 1. The minimum atomic E-state index is -3.23. The predicted octanol–water partition coefficient (Wildman–Crippen LogP) is 2.91. The van der Waals surface area contributed by atoms with E-state index in [9.17, 15) is 8.42 Å². The molecule has 0 fully saturated rings. The molecule has 1 aromatic carbocycles. The van der Waals surface area contributed by atoms with E-state index < -0.39 is 9.84 Å². The number of rotatable bonds is 3. The lowest BCUT2D eigenvalue weighted by atomic mass is 10.1. The summed E-state index contributed by atoms with van der Waals surface area (Å²) in [5, 5.41) is 9.09. The molecular formula is C21H17N5O2S. The van der Waals surface area contributed by atoms with Gasteiger partial charge in [-0.15, -0.1) is 0 Å². The van der Waals surface area contributed by atoms with E-state index in [-0.39, 0.29) is 4.90 Å². The molecule has 0 saturated carbocycles. The Balaban J connectivity index is 1.67. The lowest BCUT2D eigenvalue weighted by Gasteiger charge is -2.08. The molecular weight excluding hydrogens is 386 g/mol. The third kappa shape index (κ3) is 4.10. The van der Waals surface area contributed by atoms with Crippen molar-refractivity contribution in [2.45, 2.75) is 4.90 Å². The molecule has 3 heterocycles. The van der Waals surface area contributed by atoms with E-state index >= 15 is 0 Å². The molecule has 3 aromatic heterocycles. The fourth-order valence-corrected chi connectivity index (χ4v) is 3.42. The standard InChI is InChI=1S/C21H17N5O2S/c1-26-17(10-12-24-26)5-8-20-19-13-21(23-14-15(19)9-11-22-20)25-16-3-6-18(7-4-16)29(2,27)28/h3-4,6-7,9-14H,1-2H3,(H,23,25). The Morgan fingerprint density at radius 3 is 2.48 bits per heavy atom. The number of pyridine rings is 2. The van der Waals surface area contributed by atoms with Crippen LogP contribution in [0.15, 0.2) is 66.0 Å². The van der Waals surface area contributed by atoms with E-state index in [1.165, 1.54) is 6.26 Å². The van der Waals surface area contributed by atoms with Gasteiger partial charge in [-0.25, -0.2) is 18.4 Å². The SMILES string of the molecule is Cn1nccc1C#Cc1nccc2cnc(Nc3ccc(S(C)(=O)=O)cc3)cc12. The van der Waals surface area contributed by atoms with Crippen molar-refractivity contribution in [3.05, 3.63) is 72.4 Å². The Morgan fingerprint density at radius 2 is 1.79 bits per heavy atom.